The molecule has 0 aliphatic rings. The summed E-state index contributed by atoms with van der Waals surface area (Å²) in [6, 6.07) is 3.44. The molecule has 1 N–H and O–H groups in total. The second-order valence-electron chi connectivity index (χ2n) is 6.36. The summed E-state index contributed by atoms with van der Waals surface area (Å²) in [5.74, 6) is 0.863. The Morgan fingerprint density at radius 3 is 2.52 bits per heavy atom. The van der Waals surface area contributed by atoms with Gasteiger partial charge in [-0.3, -0.25) is 4.98 Å². The zero-order chi connectivity index (χ0) is 15.8. The molecule has 1 aromatic heterocycles. The molecule has 0 spiro atoms. The van der Waals surface area contributed by atoms with Gasteiger partial charge in [0.15, 0.2) is 0 Å². The highest BCUT2D eigenvalue weighted by molar-refractivity contribution is 5.11. The number of rotatable bonds is 9. The quantitative estimate of drug-likeness (QED) is 0.756. The van der Waals surface area contributed by atoms with E-state index < -0.39 is 0 Å². The molecule has 1 aromatic rings. The maximum atomic E-state index is 13.0. The lowest BCUT2D eigenvalue weighted by Gasteiger charge is -2.28. The maximum Gasteiger partial charge on any atom is 0.141 e. The topological polar surface area (TPSA) is 28.2 Å². The van der Waals surface area contributed by atoms with Gasteiger partial charge < -0.3 is 10.2 Å². The van der Waals surface area contributed by atoms with E-state index in [1.165, 1.54) is 18.7 Å². The van der Waals surface area contributed by atoms with E-state index in [1.54, 1.807) is 6.07 Å². The average molecular weight is 295 g/mol. The maximum absolute atomic E-state index is 13.0. The van der Waals surface area contributed by atoms with Crippen molar-refractivity contribution in [2.75, 3.05) is 26.7 Å². The third-order valence-corrected chi connectivity index (χ3v) is 3.75. The lowest BCUT2D eigenvalue weighted by atomic mass is 9.97. The van der Waals surface area contributed by atoms with Crippen LogP contribution >= 0.6 is 0 Å². The van der Waals surface area contributed by atoms with Crippen LogP contribution in [0.4, 0.5) is 4.39 Å². The van der Waals surface area contributed by atoms with Crippen molar-refractivity contribution in [2.24, 2.45) is 11.8 Å². The van der Waals surface area contributed by atoms with Crippen LogP contribution in [-0.2, 0) is 0 Å². The molecule has 0 aliphatic heterocycles. The Labute approximate surface area is 129 Å². The summed E-state index contributed by atoms with van der Waals surface area (Å²) < 4.78 is 13.0. The molecular formula is C17H30FN3. The van der Waals surface area contributed by atoms with E-state index in [9.17, 15) is 4.39 Å². The van der Waals surface area contributed by atoms with Gasteiger partial charge in [0.1, 0.15) is 5.82 Å². The first-order valence-corrected chi connectivity index (χ1v) is 7.97. The third kappa shape index (κ3) is 6.53. The van der Waals surface area contributed by atoms with Crippen molar-refractivity contribution in [3.8, 4) is 0 Å². The molecule has 21 heavy (non-hydrogen) atoms. The fourth-order valence-corrected chi connectivity index (χ4v) is 2.56. The van der Waals surface area contributed by atoms with Crippen LogP contribution in [0.2, 0.25) is 0 Å². The molecule has 0 aromatic carbocycles. The molecule has 3 nitrogen and oxygen atoms in total. The molecule has 4 heteroatoms. The first kappa shape index (κ1) is 18.1. The van der Waals surface area contributed by atoms with Gasteiger partial charge in [-0.2, -0.15) is 0 Å². The van der Waals surface area contributed by atoms with Gasteiger partial charge in [-0.05, 0) is 50.5 Å². The largest absolute Gasteiger partial charge is 0.309 e. The van der Waals surface area contributed by atoms with Crippen molar-refractivity contribution in [1.29, 1.82) is 0 Å². The molecule has 120 valence electrons. The van der Waals surface area contributed by atoms with Crippen molar-refractivity contribution in [1.82, 2.24) is 15.2 Å². The molecule has 1 heterocycles. The monoisotopic (exact) mass is 295 g/mol. The second kappa shape index (κ2) is 9.11. The van der Waals surface area contributed by atoms with Gasteiger partial charge in [0.05, 0.1) is 17.9 Å². The Balaban J connectivity index is 2.64. The predicted octanol–water partition coefficient (Wildman–Crippen LogP) is 3.49. The zero-order valence-corrected chi connectivity index (χ0v) is 14.1. The van der Waals surface area contributed by atoms with Crippen LogP contribution in [0, 0.1) is 17.7 Å². The number of nitrogens with zero attached hydrogens (tertiary/aromatic N) is 2. The molecule has 0 saturated carbocycles. The Kier molecular flexibility index (Phi) is 7.83. The molecule has 0 aliphatic carbocycles. The average Bonchev–Trinajstić information content (AvgIpc) is 2.43. The summed E-state index contributed by atoms with van der Waals surface area (Å²) in [4.78, 5) is 6.62. The molecule has 0 radical (unpaired) electrons. The van der Waals surface area contributed by atoms with Crippen LogP contribution in [0.1, 0.15) is 45.9 Å². The van der Waals surface area contributed by atoms with Gasteiger partial charge in [0.2, 0.25) is 0 Å². The van der Waals surface area contributed by atoms with E-state index in [2.05, 4.69) is 49.9 Å². The number of hydrogen-bond acceptors (Lipinski definition) is 3. The van der Waals surface area contributed by atoms with Crippen molar-refractivity contribution in [2.45, 2.75) is 40.2 Å². The van der Waals surface area contributed by atoms with Gasteiger partial charge in [0.25, 0.3) is 0 Å². The highest BCUT2D eigenvalue weighted by Gasteiger charge is 2.21. The van der Waals surface area contributed by atoms with Gasteiger partial charge in [-0.25, -0.2) is 4.39 Å². The zero-order valence-electron chi connectivity index (χ0n) is 14.1. The molecule has 2 unspecified atom stereocenters. The smallest absolute Gasteiger partial charge is 0.141 e. The van der Waals surface area contributed by atoms with Gasteiger partial charge in [-0.1, -0.05) is 27.7 Å². The van der Waals surface area contributed by atoms with Crippen molar-refractivity contribution in [3.63, 3.8) is 0 Å². The lowest BCUT2D eigenvalue weighted by molar-refractivity contribution is 0.236. The first-order chi connectivity index (χ1) is 9.93. The van der Waals surface area contributed by atoms with Crippen LogP contribution in [0.25, 0.3) is 0 Å². The fourth-order valence-electron chi connectivity index (χ4n) is 2.56. The number of aromatic nitrogens is 1. The van der Waals surface area contributed by atoms with E-state index >= 15 is 0 Å². The van der Waals surface area contributed by atoms with Crippen molar-refractivity contribution < 1.29 is 4.39 Å². The molecule has 0 amide bonds. The second-order valence-corrected chi connectivity index (χ2v) is 6.36. The van der Waals surface area contributed by atoms with E-state index in [4.69, 9.17) is 0 Å². The minimum absolute atomic E-state index is 0.164. The summed E-state index contributed by atoms with van der Waals surface area (Å²) in [7, 11) is 2.17. The van der Waals surface area contributed by atoms with E-state index in [-0.39, 0.29) is 11.9 Å². The minimum Gasteiger partial charge on any atom is -0.309 e. The standard InChI is InChI=1S/C17H30FN3/c1-6-19-17(16-8-7-15(18)11-20-16)14(4)12-21(5)10-9-13(2)3/h7-8,11,13-14,17,19H,6,9-10,12H2,1-5H3. The third-order valence-electron chi connectivity index (χ3n) is 3.75. The van der Waals surface area contributed by atoms with Crippen LogP contribution < -0.4 is 5.32 Å². The number of nitrogens with one attached hydrogen (secondary N) is 1. The van der Waals surface area contributed by atoms with Crippen LogP contribution in [0.15, 0.2) is 18.3 Å². The Morgan fingerprint density at radius 1 is 1.29 bits per heavy atom. The van der Waals surface area contributed by atoms with Gasteiger partial charge in [-0.15, -0.1) is 0 Å². The molecule has 2 atom stereocenters. The Hall–Kier alpha value is -1.00. The fraction of sp³-hybridized carbons (Fsp3) is 0.706. The number of halogens is 1. The van der Waals surface area contributed by atoms with Gasteiger partial charge >= 0.3 is 0 Å². The normalized spacial score (nSPS) is 14.7. The summed E-state index contributed by atoms with van der Waals surface area (Å²) in [5, 5.41) is 3.48. The van der Waals surface area contributed by atoms with Crippen molar-refractivity contribution in [3.05, 3.63) is 29.8 Å². The first-order valence-electron chi connectivity index (χ1n) is 7.97. The number of hydrogen-bond donors (Lipinski definition) is 1. The SMILES string of the molecule is CCNC(c1ccc(F)cn1)C(C)CN(C)CCC(C)C. The number of pyridine rings is 1. The highest BCUT2D eigenvalue weighted by atomic mass is 19.1. The van der Waals surface area contributed by atoms with Crippen molar-refractivity contribution >= 4 is 0 Å². The summed E-state index contributed by atoms with van der Waals surface area (Å²) in [6.45, 7) is 11.8. The molecular weight excluding hydrogens is 265 g/mol. The van der Waals surface area contributed by atoms with Gasteiger partial charge in [0, 0.05) is 6.54 Å². The van der Waals surface area contributed by atoms with Crippen LogP contribution in [0.3, 0.4) is 0 Å². The van der Waals surface area contributed by atoms with Crippen LogP contribution in [-0.4, -0.2) is 36.6 Å². The van der Waals surface area contributed by atoms with E-state index in [0.29, 0.717) is 5.92 Å². The Bertz CT molecular complexity index is 392. The summed E-state index contributed by atoms with van der Waals surface area (Å²) in [6.07, 6.45) is 2.51. The van der Waals surface area contributed by atoms with E-state index in [1.807, 2.05) is 0 Å². The molecule has 1 rings (SSSR count). The Morgan fingerprint density at radius 2 is 2.00 bits per heavy atom. The lowest BCUT2D eigenvalue weighted by Crippen LogP contribution is -2.35. The summed E-state index contributed by atoms with van der Waals surface area (Å²) in [5.41, 5.74) is 0.919. The molecule has 0 fully saturated rings. The minimum atomic E-state index is -0.282. The summed E-state index contributed by atoms with van der Waals surface area (Å²) >= 11 is 0. The predicted molar refractivity (Wildman–Crippen MR) is 86.7 cm³/mol. The highest BCUT2D eigenvalue weighted by Crippen LogP contribution is 2.21. The molecule has 0 saturated heterocycles. The van der Waals surface area contributed by atoms with E-state index in [0.717, 1.165) is 31.2 Å². The molecule has 0 bridgehead atoms. The van der Waals surface area contributed by atoms with Crippen LogP contribution in [0.5, 0.6) is 0 Å².